The van der Waals surface area contributed by atoms with Crippen molar-refractivity contribution in [2.24, 2.45) is 5.92 Å². The molecule has 0 saturated carbocycles. The molecule has 1 aliphatic rings. The quantitative estimate of drug-likeness (QED) is 0.313. The summed E-state index contributed by atoms with van der Waals surface area (Å²) < 4.78 is 42.5. The number of carbonyl (C=O) groups excluding carboxylic acids is 1. The number of aliphatic hydroxyl groups excluding tert-OH is 1. The summed E-state index contributed by atoms with van der Waals surface area (Å²) in [5.74, 6) is 0.0274. The van der Waals surface area contributed by atoms with Crippen molar-refractivity contribution in [3.63, 3.8) is 0 Å². The average molecular weight is 606 g/mol. The number of piperidine rings is 1. The Labute approximate surface area is 242 Å². The number of nitrogens with zero attached hydrogens (tertiary/aromatic N) is 8. The van der Waals surface area contributed by atoms with Crippen molar-refractivity contribution in [2.75, 3.05) is 25.5 Å². The first-order chi connectivity index (χ1) is 20.0. The molecule has 0 spiro atoms. The van der Waals surface area contributed by atoms with Gasteiger partial charge in [-0.3, -0.25) is 9.36 Å². The molecule has 1 fully saturated rings. The van der Waals surface area contributed by atoms with Crippen LogP contribution in [0.5, 0.6) is 0 Å². The summed E-state index contributed by atoms with van der Waals surface area (Å²) in [7, 11) is 2.01. The van der Waals surface area contributed by atoms with E-state index in [9.17, 15) is 27.9 Å². The number of rotatable bonds is 8. The van der Waals surface area contributed by atoms with E-state index in [1.54, 1.807) is 12.1 Å². The van der Waals surface area contributed by atoms with Crippen molar-refractivity contribution >= 4 is 23.3 Å². The van der Waals surface area contributed by atoms with Crippen molar-refractivity contribution in [3.8, 4) is 17.1 Å². The second-order valence-corrected chi connectivity index (χ2v) is 10.4. The van der Waals surface area contributed by atoms with Crippen LogP contribution in [0.25, 0.3) is 17.1 Å². The van der Waals surface area contributed by atoms with Gasteiger partial charge in [-0.15, -0.1) is 10.2 Å². The highest BCUT2D eigenvalue weighted by molar-refractivity contribution is 6.30. The van der Waals surface area contributed by atoms with Crippen molar-refractivity contribution in [1.29, 1.82) is 0 Å². The summed E-state index contributed by atoms with van der Waals surface area (Å²) in [6.07, 6.45) is -3.36. The number of amides is 1. The lowest BCUT2D eigenvalue weighted by atomic mass is 9.96. The van der Waals surface area contributed by atoms with Gasteiger partial charge in [0.15, 0.2) is 23.6 Å². The lowest BCUT2D eigenvalue weighted by molar-refractivity contribution is -0.207. The van der Waals surface area contributed by atoms with Gasteiger partial charge in [-0.2, -0.15) is 13.2 Å². The van der Waals surface area contributed by atoms with Crippen LogP contribution in [0.4, 0.5) is 19.0 Å². The minimum atomic E-state index is -4.94. The Kier molecular flexibility index (Phi) is 8.43. The number of likely N-dealkylation sites (tertiary alicyclic amines) is 1. The number of hydrogen-bond donors (Lipinski definition) is 2. The average Bonchev–Trinajstić information content (AvgIpc) is 3.54. The zero-order valence-corrected chi connectivity index (χ0v) is 23.1. The van der Waals surface area contributed by atoms with Gasteiger partial charge in [-0.05, 0) is 69.4 Å². The molecule has 12 nitrogen and oxygen atoms in total. The molecule has 0 radical (unpaired) electrons. The van der Waals surface area contributed by atoms with E-state index in [0.717, 1.165) is 35.2 Å². The van der Waals surface area contributed by atoms with Gasteiger partial charge < -0.3 is 15.3 Å². The van der Waals surface area contributed by atoms with E-state index in [1.807, 2.05) is 7.05 Å². The van der Waals surface area contributed by atoms with Gasteiger partial charge in [-0.1, -0.05) is 11.6 Å². The number of benzene rings is 1. The van der Waals surface area contributed by atoms with Crippen LogP contribution in [-0.4, -0.2) is 82.4 Å². The first-order valence-corrected chi connectivity index (χ1v) is 13.4. The minimum absolute atomic E-state index is 0.0921. The molecule has 1 saturated heterocycles. The molecule has 1 atom stereocenters. The van der Waals surface area contributed by atoms with Gasteiger partial charge in [0.25, 0.3) is 0 Å². The van der Waals surface area contributed by atoms with E-state index in [0.29, 0.717) is 16.3 Å². The normalized spacial score (nSPS) is 15.6. The maximum Gasteiger partial charge on any atom is 0.416 e. The van der Waals surface area contributed by atoms with Crippen LogP contribution in [0.2, 0.25) is 5.02 Å². The fraction of sp³-hybridized carbons (Fsp3) is 0.385. The smallest absolute Gasteiger partial charge is 0.382 e. The molecule has 0 aliphatic carbocycles. The second-order valence-electron chi connectivity index (χ2n) is 9.98. The fourth-order valence-electron chi connectivity index (χ4n) is 4.58. The monoisotopic (exact) mass is 605 g/mol. The molecule has 16 heteroatoms. The molecular weight excluding hydrogens is 579 g/mol. The maximum atomic E-state index is 13.2. The predicted octanol–water partition coefficient (Wildman–Crippen LogP) is 2.59. The molecule has 1 aliphatic heterocycles. The van der Waals surface area contributed by atoms with Crippen LogP contribution >= 0.6 is 11.6 Å². The molecule has 222 valence electrons. The number of alkyl halides is 3. The molecule has 3 aromatic heterocycles. The molecule has 2 N–H and O–H groups in total. The Hall–Kier alpha value is -4.08. The number of halogens is 4. The van der Waals surface area contributed by atoms with E-state index in [-0.39, 0.29) is 35.8 Å². The largest absolute Gasteiger partial charge is 0.416 e. The van der Waals surface area contributed by atoms with Crippen LogP contribution in [0, 0.1) is 5.92 Å². The molecule has 5 rings (SSSR count). The van der Waals surface area contributed by atoms with Crippen LogP contribution in [0.15, 0.2) is 53.7 Å². The predicted molar refractivity (Wildman–Crippen MR) is 146 cm³/mol. The van der Waals surface area contributed by atoms with Gasteiger partial charge in [0.05, 0.1) is 6.54 Å². The molecule has 4 heterocycles. The lowest BCUT2D eigenvalue weighted by Gasteiger charge is -2.28. The number of aromatic nitrogens is 7. The van der Waals surface area contributed by atoms with Gasteiger partial charge >= 0.3 is 11.9 Å². The zero-order chi connectivity index (χ0) is 30.0. The number of anilines is 1. The molecular formula is C26H27ClF3N9O3. The van der Waals surface area contributed by atoms with E-state index in [4.69, 9.17) is 11.6 Å². The van der Waals surface area contributed by atoms with Gasteiger partial charge in [0, 0.05) is 22.7 Å². The molecule has 1 aromatic carbocycles. The highest BCUT2D eigenvalue weighted by atomic mass is 35.5. The Bertz CT molecular complexity index is 1610. The van der Waals surface area contributed by atoms with Gasteiger partial charge in [0.1, 0.15) is 18.6 Å². The number of aliphatic hydroxyl groups is 1. The standard InChI is InChI=1S/C26H27ClF3N9O3/c1-36-11-8-17(9-12-36)24(41)33-22-19(3-2-10-31-22)39-15-32-21(34-39)14-38-25(42)37(13-20(40)26(28,29)30)23(35-38)16-4-6-18(27)7-5-16/h2-7,10,15,17,20,40H,8-9,11-14H2,1H3,(H,31,33,41)/t20-/m0/s1. The summed E-state index contributed by atoms with van der Waals surface area (Å²) in [6.45, 7) is 0.310. The minimum Gasteiger partial charge on any atom is -0.382 e. The highest BCUT2D eigenvalue weighted by Crippen LogP contribution is 2.25. The SMILES string of the molecule is CN1CCC(C(=O)Nc2ncccc2-n2cnc(Cn3nc(-c4ccc(Cl)cc4)n(C[C@H](O)C(F)(F)F)c3=O)n2)CC1. The summed E-state index contributed by atoms with van der Waals surface area (Å²) in [6, 6.07) is 9.37. The van der Waals surface area contributed by atoms with Gasteiger partial charge in [0.2, 0.25) is 5.91 Å². The Balaban J connectivity index is 1.40. The van der Waals surface area contributed by atoms with Crippen LogP contribution < -0.4 is 11.0 Å². The van der Waals surface area contributed by atoms with E-state index in [2.05, 4.69) is 30.4 Å². The molecule has 0 bridgehead atoms. The maximum absolute atomic E-state index is 13.2. The van der Waals surface area contributed by atoms with Crippen molar-refractivity contribution < 1.29 is 23.1 Å². The van der Waals surface area contributed by atoms with E-state index in [1.165, 1.54) is 41.5 Å². The summed E-state index contributed by atoms with van der Waals surface area (Å²) in [5, 5.41) is 21.5. The van der Waals surface area contributed by atoms with Crippen molar-refractivity contribution in [3.05, 3.63) is 70.3 Å². The Morgan fingerprint density at radius 3 is 2.55 bits per heavy atom. The van der Waals surface area contributed by atoms with Gasteiger partial charge in [-0.25, -0.2) is 24.1 Å². The molecule has 1 amide bonds. The number of nitrogens with one attached hydrogen (secondary N) is 1. The Morgan fingerprint density at radius 1 is 1.14 bits per heavy atom. The number of pyridine rings is 1. The topological polar surface area (TPSA) is 136 Å². The summed E-state index contributed by atoms with van der Waals surface area (Å²) in [4.78, 5) is 36.7. The van der Waals surface area contributed by atoms with Crippen LogP contribution in [-0.2, 0) is 17.9 Å². The van der Waals surface area contributed by atoms with Crippen LogP contribution in [0.1, 0.15) is 18.7 Å². The molecule has 42 heavy (non-hydrogen) atoms. The first kappa shape index (κ1) is 29.4. The lowest BCUT2D eigenvalue weighted by Crippen LogP contribution is -2.37. The van der Waals surface area contributed by atoms with Crippen molar-refractivity contribution in [1.82, 2.24) is 39.0 Å². The highest BCUT2D eigenvalue weighted by Gasteiger charge is 2.39. The molecule has 4 aromatic rings. The Morgan fingerprint density at radius 2 is 1.86 bits per heavy atom. The van der Waals surface area contributed by atoms with Crippen molar-refractivity contribution in [2.45, 2.75) is 38.2 Å². The van der Waals surface area contributed by atoms with E-state index < -0.39 is 24.5 Å². The first-order valence-electron chi connectivity index (χ1n) is 13.0. The molecule has 0 unspecified atom stereocenters. The summed E-state index contributed by atoms with van der Waals surface area (Å²) in [5.41, 5.74) is -0.138. The number of carbonyl (C=O) groups is 1. The number of hydrogen-bond acceptors (Lipinski definition) is 8. The summed E-state index contributed by atoms with van der Waals surface area (Å²) >= 11 is 5.93. The zero-order valence-electron chi connectivity index (χ0n) is 22.4. The third-order valence-electron chi connectivity index (χ3n) is 6.95. The van der Waals surface area contributed by atoms with Crippen LogP contribution in [0.3, 0.4) is 0 Å². The fourth-order valence-corrected chi connectivity index (χ4v) is 4.71. The van der Waals surface area contributed by atoms with E-state index >= 15 is 0 Å². The third-order valence-corrected chi connectivity index (χ3v) is 7.21. The second kappa shape index (κ2) is 12.0. The third kappa shape index (κ3) is 6.53.